The number of fused-ring (bicyclic) bond motifs is 1. The predicted molar refractivity (Wildman–Crippen MR) is 122 cm³/mol. The van der Waals surface area contributed by atoms with Crippen molar-refractivity contribution in [3.8, 4) is 0 Å². The fraction of sp³-hybridized carbons (Fsp3) is 0.190. The van der Waals surface area contributed by atoms with E-state index in [9.17, 15) is 4.57 Å². The highest BCUT2D eigenvalue weighted by molar-refractivity contribution is 7.70. The maximum absolute atomic E-state index is 12.6. The summed E-state index contributed by atoms with van der Waals surface area (Å²) in [6.45, 7) is 4.31. The maximum atomic E-state index is 12.6. The molecule has 0 radical (unpaired) electrons. The standard InChI is InChI=1S/C21H21ClN5OP/c1-29(2,28)19-6-4-3-5-18(19)26-20-17(22)13-24-21(27-20)25-16-8-7-14-9-10-23-12-15(14)11-16/h3-8,11-13H,9-10H2,1-2H3,(H2,24,25,26,27). The molecule has 0 aliphatic carbocycles. The lowest BCUT2D eigenvalue weighted by Crippen LogP contribution is -2.11. The highest BCUT2D eigenvalue weighted by Crippen LogP contribution is 2.38. The van der Waals surface area contributed by atoms with Crippen LogP contribution < -0.4 is 15.9 Å². The third-order valence-electron chi connectivity index (χ3n) is 4.62. The molecule has 8 heteroatoms. The van der Waals surface area contributed by atoms with E-state index < -0.39 is 7.14 Å². The van der Waals surface area contributed by atoms with Gasteiger partial charge in [-0.05, 0) is 55.1 Å². The summed E-state index contributed by atoms with van der Waals surface area (Å²) in [6, 6.07) is 13.6. The van der Waals surface area contributed by atoms with E-state index in [1.807, 2.05) is 42.6 Å². The van der Waals surface area contributed by atoms with Gasteiger partial charge in [0.05, 0.1) is 11.9 Å². The molecular weight excluding hydrogens is 405 g/mol. The van der Waals surface area contributed by atoms with E-state index in [0.717, 1.165) is 35.2 Å². The molecule has 1 aromatic heterocycles. The van der Waals surface area contributed by atoms with Crippen LogP contribution in [-0.2, 0) is 11.0 Å². The zero-order valence-electron chi connectivity index (χ0n) is 16.2. The molecule has 0 amide bonds. The lowest BCUT2D eigenvalue weighted by atomic mass is 10.0. The zero-order valence-corrected chi connectivity index (χ0v) is 17.8. The van der Waals surface area contributed by atoms with E-state index >= 15 is 0 Å². The summed E-state index contributed by atoms with van der Waals surface area (Å²) < 4.78 is 12.6. The van der Waals surface area contributed by atoms with Crippen molar-refractivity contribution in [2.75, 3.05) is 30.5 Å². The summed E-state index contributed by atoms with van der Waals surface area (Å²) in [6.07, 6.45) is 4.39. The smallest absolute Gasteiger partial charge is 0.229 e. The first-order valence-corrected chi connectivity index (χ1v) is 12.2. The molecule has 0 unspecified atom stereocenters. The minimum Gasteiger partial charge on any atom is -0.338 e. The minimum atomic E-state index is -2.46. The van der Waals surface area contributed by atoms with E-state index in [1.54, 1.807) is 19.5 Å². The van der Waals surface area contributed by atoms with Gasteiger partial charge in [0.2, 0.25) is 5.95 Å². The summed E-state index contributed by atoms with van der Waals surface area (Å²) in [5, 5.41) is 7.55. The molecule has 0 saturated heterocycles. The molecule has 2 aromatic carbocycles. The third-order valence-corrected chi connectivity index (χ3v) is 6.45. The van der Waals surface area contributed by atoms with Crippen LogP contribution in [0.2, 0.25) is 5.02 Å². The van der Waals surface area contributed by atoms with Gasteiger partial charge in [0.15, 0.2) is 5.82 Å². The van der Waals surface area contributed by atoms with Crippen molar-refractivity contribution in [1.29, 1.82) is 0 Å². The quantitative estimate of drug-likeness (QED) is 0.572. The Kier molecular flexibility index (Phi) is 5.39. The summed E-state index contributed by atoms with van der Waals surface area (Å²) >= 11 is 6.31. The fourth-order valence-electron chi connectivity index (χ4n) is 3.19. The van der Waals surface area contributed by atoms with Crippen LogP contribution in [0.5, 0.6) is 0 Å². The van der Waals surface area contributed by atoms with Gasteiger partial charge < -0.3 is 15.2 Å². The molecule has 0 atom stereocenters. The topological polar surface area (TPSA) is 79.3 Å². The summed E-state index contributed by atoms with van der Waals surface area (Å²) in [4.78, 5) is 13.1. The molecule has 3 aromatic rings. The second-order valence-corrected chi connectivity index (χ2v) is 10.8. The molecule has 0 saturated carbocycles. The number of halogens is 1. The summed E-state index contributed by atoms with van der Waals surface area (Å²) in [7, 11) is -2.46. The number of aromatic nitrogens is 2. The monoisotopic (exact) mass is 425 g/mol. The van der Waals surface area contributed by atoms with Crippen molar-refractivity contribution >= 4 is 53.4 Å². The Morgan fingerprint density at radius 3 is 2.76 bits per heavy atom. The van der Waals surface area contributed by atoms with Crippen molar-refractivity contribution in [3.63, 3.8) is 0 Å². The van der Waals surface area contributed by atoms with Crippen molar-refractivity contribution in [3.05, 3.63) is 64.8 Å². The average molecular weight is 426 g/mol. The Labute approximate surface area is 174 Å². The van der Waals surface area contributed by atoms with Crippen LogP contribution in [-0.4, -0.2) is 36.1 Å². The molecule has 0 fully saturated rings. The number of benzene rings is 2. The number of para-hydroxylation sites is 1. The van der Waals surface area contributed by atoms with Crippen LogP contribution in [0.3, 0.4) is 0 Å². The lowest BCUT2D eigenvalue weighted by molar-refractivity contribution is 0.588. The second-order valence-electron chi connectivity index (χ2n) is 7.21. The number of hydrogen-bond donors (Lipinski definition) is 2. The molecule has 4 rings (SSSR count). The largest absolute Gasteiger partial charge is 0.338 e. The lowest BCUT2D eigenvalue weighted by Gasteiger charge is -2.16. The molecule has 6 nitrogen and oxygen atoms in total. The van der Waals surface area contributed by atoms with Crippen molar-refractivity contribution in [2.24, 2.45) is 4.99 Å². The van der Waals surface area contributed by atoms with Gasteiger partial charge in [0, 0.05) is 23.8 Å². The predicted octanol–water partition coefficient (Wildman–Crippen LogP) is 4.84. The third kappa shape index (κ3) is 4.50. The number of anilines is 4. The van der Waals surface area contributed by atoms with Gasteiger partial charge in [0.25, 0.3) is 0 Å². The Balaban J connectivity index is 1.61. The van der Waals surface area contributed by atoms with Gasteiger partial charge in [-0.2, -0.15) is 4.98 Å². The van der Waals surface area contributed by atoms with Crippen molar-refractivity contribution in [2.45, 2.75) is 6.42 Å². The van der Waals surface area contributed by atoms with Gasteiger partial charge in [-0.25, -0.2) is 4.98 Å². The van der Waals surface area contributed by atoms with Crippen LogP contribution in [0.4, 0.5) is 23.1 Å². The number of nitrogens with zero attached hydrogens (tertiary/aromatic N) is 3. The summed E-state index contributed by atoms with van der Waals surface area (Å²) in [5.74, 6) is 0.864. The van der Waals surface area contributed by atoms with Crippen molar-refractivity contribution < 1.29 is 4.57 Å². The average Bonchev–Trinajstić information content (AvgIpc) is 2.70. The zero-order chi connectivity index (χ0) is 20.4. The minimum absolute atomic E-state index is 0.380. The van der Waals surface area contributed by atoms with E-state index in [-0.39, 0.29) is 0 Å². The van der Waals surface area contributed by atoms with Crippen LogP contribution in [0.1, 0.15) is 11.1 Å². The molecule has 2 heterocycles. The first kappa shape index (κ1) is 19.6. The first-order chi connectivity index (χ1) is 13.9. The molecular formula is C21H21ClN5OP. The summed E-state index contributed by atoms with van der Waals surface area (Å²) in [5.41, 5.74) is 3.98. The Bertz CT molecular complexity index is 1140. The van der Waals surface area contributed by atoms with Gasteiger partial charge >= 0.3 is 0 Å². The second kappa shape index (κ2) is 7.97. The van der Waals surface area contributed by atoms with E-state index in [4.69, 9.17) is 11.6 Å². The molecule has 148 valence electrons. The highest BCUT2D eigenvalue weighted by atomic mass is 35.5. The fourth-order valence-corrected chi connectivity index (χ4v) is 4.48. The van der Waals surface area contributed by atoms with Crippen molar-refractivity contribution in [1.82, 2.24) is 9.97 Å². The van der Waals surface area contributed by atoms with Gasteiger partial charge in [-0.15, -0.1) is 0 Å². The number of rotatable bonds is 5. The number of nitrogens with one attached hydrogen (secondary N) is 2. The Hall–Kier alpha value is -2.69. The van der Waals surface area contributed by atoms with Gasteiger partial charge in [-0.1, -0.05) is 29.8 Å². The van der Waals surface area contributed by atoms with Crippen LogP contribution in [0.25, 0.3) is 0 Å². The first-order valence-electron chi connectivity index (χ1n) is 9.24. The number of hydrogen-bond acceptors (Lipinski definition) is 6. The number of aliphatic imine (C=N–C) groups is 1. The van der Waals surface area contributed by atoms with E-state index in [1.165, 1.54) is 5.56 Å². The molecule has 1 aliphatic heterocycles. The van der Waals surface area contributed by atoms with E-state index in [0.29, 0.717) is 16.8 Å². The normalized spacial score (nSPS) is 13.1. The van der Waals surface area contributed by atoms with Crippen LogP contribution in [0, 0.1) is 0 Å². The van der Waals surface area contributed by atoms with Gasteiger partial charge in [0.1, 0.15) is 12.2 Å². The molecule has 1 aliphatic rings. The SMILES string of the molecule is CP(C)(=O)c1ccccc1Nc1nc(Nc2ccc3c(c2)C=NCC3)ncc1Cl. The van der Waals surface area contributed by atoms with Crippen LogP contribution in [0.15, 0.2) is 53.7 Å². The molecule has 0 bridgehead atoms. The molecule has 0 spiro atoms. The van der Waals surface area contributed by atoms with Crippen LogP contribution >= 0.6 is 18.7 Å². The van der Waals surface area contributed by atoms with Gasteiger partial charge in [-0.3, -0.25) is 4.99 Å². The maximum Gasteiger partial charge on any atom is 0.229 e. The highest BCUT2D eigenvalue weighted by Gasteiger charge is 2.17. The van der Waals surface area contributed by atoms with E-state index in [2.05, 4.69) is 31.7 Å². The Morgan fingerprint density at radius 1 is 1.10 bits per heavy atom. The molecule has 2 N–H and O–H groups in total. The Morgan fingerprint density at radius 2 is 1.93 bits per heavy atom. The molecule has 29 heavy (non-hydrogen) atoms.